The van der Waals surface area contributed by atoms with Gasteiger partial charge in [0.1, 0.15) is 0 Å². The molecule has 0 aliphatic heterocycles. The van der Waals surface area contributed by atoms with Gasteiger partial charge in [-0.2, -0.15) is 0 Å². The lowest BCUT2D eigenvalue weighted by Crippen LogP contribution is -2.25. The van der Waals surface area contributed by atoms with E-state index in [9.17, 15) is 0 Å². The van der Waals surface area contributed by atoms with Crippen LogP contribution in [-0.4, -0.2) is 6.54 Å². The van der Waals surface area contributed by atoms with Gasteiger partial charge >= 0.3 is 0 Å². The minimum absolute atomic E-state index is 0.995. The first-order valence-corrected chi connectivity index (χ1v) is 8.21. The van der Waals surface area contributed by atoms with Gasteiger partial charge in [0.15, 0.2) is 0 Å². The molecule has 1 nitrogen and oxygen atoms in total. The van der Waals surface area contributed by atoms with Gasteiger partial charge < -0.3 is 5.32 Å². The normalized spacial score (nSPS) is 21.9. The van der Waals surface area contributed by atoms with E-state index in [4.69, 9.17) is 0 Å². The summed E-state index contributed by atoms with van der Waals surface area (Å²) in [5.41, 5.74) is 4.70. The van der Waals surface area contributed by atoms with Crippen molar-refractivity contribution in [3.05, 3.63) is 34.9 Å². The minimum Gasteiger partial charge on any atom is -0.312 e. The van der Waals surface area contributed by atoms with Crippen LogP contribution in [0.25, 0.3) is 0 Å². The van der Waals surface area contributed by atoms with Gasteiger partial charge in [0.2, 0.25) is 0 Å². The summed E-state index contributed by atoms with van der Waals surface area (Å²) in [5.74, 6) is 3.13. The number of benzene rings is 1. The molecule has 3 aliphatic carbocycles. The lowest BCUT2D eigenvalue weighted by Gasteiger charge is -2.16. The van der Waals surface area contributed by atoms with Gasteiger partial charge in [0.25, 0.3) is 0 Å². The maximum Gasteiger partial charge on any atom is 0.0205 e. The Labute approximate surface area is 116 Å². The van der Waals surface area contributed by atoms with Crippen LogP contribution in [-0.2, 0) is 19.4 Å². The van der Waals surface area contributed by atoms with E-state index in [1.165, 1.54) is 57.1 Å². The van der Waals surface area contributed by atoms with Crippen LogP contribution in [0.4, 0.5) is 0 Å². The molecule has 0 heterocycles. The predicted octanol–water partition coefficient (Wildman–Crippen LogP) is 3.70. The third kappa shape index (κ3) is 2.72. The van der Waals surface area contributed by atoms with Crippen LogP contribution in [0.2, 0.25) is 0 Å². The van der Waals surface area contributed by atoms with Crippen molar-refractivity contribution < 1.29 is 0 Å². The lowest BCUT2D eigenvalue weighted by molar-refractivity contribution is 0.378. The Morgan fingerprint density at radius 2 is 1.74 bits per heavy atom. The van der Waals surface area contributed by atoms with Gasteiger partial charge in [-0.15, -0.1) is 0 Å². The Bertz CT molecular complexity index is 445. The summed E-state index contributed by atoms with van der Waals surface area (Å²) in [7, 11) is 0. The van der Waals surface area contributed by atoms with E-state index in [1.54, 1.807) is 11.1 Å². The highest BCUT2D eigenvalue weighted by molar-refractivity contribution is 5.35. The molecular weight excluding hydrogens is 230 g/mol. The van der Waals surface area contributed by atoms with Gasteiger partial charge in [-0.25, -0.2) is 0 Å². The topological polar surface area (TPSA) is 12.0 Å². The van der Waals surface area contributed by atoms with Crippen molar-refractivity contribution in [1.82, 2.24) is 5.32 Å². The molecule has 1 N–H and O–H groups in total. The van der Waals surface area contributed by atoms with E-state index in [1.807, 2.05) is 0 Å². The van der Waals surface area contributed by atoms with Crippen LogP contribution in [0.15, 0.2) is 18.2 Å². The molecule has 2 saturated carbocycles. The number of fused-ring (bicyclic) bond motifs is 1. The molecule has 0 bridgehead atoms. The van der Waals surface area contributed by atoms with Crippen molar-refractivity contribution in [2.45, 2.75) is 51.5 Å². The first kappa shape index (κ1) is 12.0. The van der Waals surface area contributed by atoms with Gasteiger partial charge in [-0.05, 0) is 85.9 Å². The zero-order valence-electron chi connectivity index (χ0n) is 11.8. The second kappa shape index (κ2) is 4.94. The molecule has 0 spiro atoms. The number of rotatable bonds is 6. The van der Waals surface area contributed by atoms with Crippen LogP contribution in [0.3, 0.4) is 0 Å². The first-order chi connectivity index (χ1) is 9.40. The van der Waals surface area contributed by atoms with Gasteiger partial charge in [-0.3, -0.25) is 0 Å². The molecule has 2 fully saturated rings. The lowest BCUT2D eigenvalue weighted by atomic mass is 9.98. The fraction of sp³-hybridized carbons (Fsp3) is 0.667. The Hall–Kier alpha value is -0.820. The van der Waals surface area contributed by atoms with E-state index in [0.29, 0.717) is 0 Å². The van der Waals surface area contributed by atoms with Crippen LogP contribution in [0.5, 0.6) is 0 Å². The van der Waals surface area contributed by atoms with Crippen LogP contribution in [0.1, 0.15) is 48.8 Å². The molecule has 0 atom stereocenters. The predicted molar refractivity (Wildman–Crippen MR) is 79.1 cm³/mol. The number of aryl methyl sites for hydroxylation is 2. The van der Waals surface area contributed by atoms with Crippen LogP contribution in [0, 0.1) is 17.8 Å². The maximum atomic E-state index is 3.74. The Morgan fingerprint density at radius 1 is 1.00 bits per heavy atom. The van der Waals surface area contributed by atoms with Crippen molar-refractivity contribution in [2.24, 2.45) is 17.8 Å². The molecule has 19 heavy (non-hydrogen) atoms. The highest BCUT2D eigenvalue weighted by Crippen LogP contribution is 2.48. The molecule has 0 saturated heterocycles. The zero-order chi connectivity index (χ0) is 12.7. The highest BCUT2D eigenvalue weighted by atomic mass is 14.9. The van der Waals surface area contributed by atoms with Crippen molar-refractivity contribution >= 4 is 0 Å². The fourth-order valence-corrected chi connectivity index (χ4v) is 3.89. The molecular formula is C18H25N. The third-order valence-corrected chi connectivity index (χ3v) is 5.33. The van der Waals surface area contributed by atoms with Crippen molar-refractivity contribution in [3.8, 4) is 0 Å². The maximum absolute atomic E-state index is 3.74. The first-order valence-electron chi connectivity index (χ1n) is 8.21. The summed E-state index contributed by atoms with van der Waals surface area (Å²) < 4.78 is 0. The number of hydrogen-bond acceptors (Lipinski definition) is 1. The second-order valence-corrected chi connectivity index (χ2v) is 6.93. The second-order valence-electron chi connectivity index (χ2n) is 6.93. The largest absolute Gasteiger partial charge is 0.312 e. The van der Waals surface area contributed by atoms with Crippen molar-refractivity contribution in [3.63, 3.8) is 0 Å². The zero-order valence-corrected chi connectivity index (χ0v) is 11.8. The van der Waals surface area contributed by atoms with Gasteiger partial charge in [-0.1, -0.05) is 18.2 Å². The smallest absolute Gasteiger partial charge is 0.0205 e. The van der Waals surface area contributed by atoms with E-state index in [2.05, 4.69) is 23.5 Å². The Balaban J connectivity index is 1.32. The molecule has 102 valence electrons. The standard InChI is InChI=1S/C18H25N/c1-2-14-5-4-13(10-17(14)3-1)11-19-12-18(15-6-7-15)16-8-9-16/h4-5,10,15-16,18-19H,1-3,6-9,11-12H2. The summed E-state index contributed by atoms with van der Waals surface area (Å²) in [6, 6.07) is 7.14. The molecule has 0 aromatic heterocycles. The van der Waals surface area contributed by atoms with E-state index in [0.717, 1.165) is 24.3 Å². The van der Waals surface area contributed by atoms with Crippen molar-refractivity contribution in [2.75, 3.05) is 6.54 Å². The summed E-state index contributed by atoms with van der Waals surface area (Å²) >= 11 is 0. The molecule has 0 unspecified atom stereocenters. The molecule has 4 rings (SSSR count). The highest BCUT2D eigenvalue weighted by Gasteiger charge is 2.40. The number of hydrogen-bond donors (Lipinski definition) is 1. The van der Waals surface area contributed by atoms with Crippen LogP contribution < -0.4 is 5.32 Å². The molecule has 1 aromatic rings. The monoisotopic (exact) mass is 255 g/mol. The number of nitrogens with one attached hydrogen (secondary N) is 1. The summed E-state index contributed by atoms with van der Waals surface area (Å²) in [6.07, 6.45) is 9.97. The molecule has 1 heteroatoms. The van der Waals surface area contributed by atoms with Gasteiger partial charge in [0.05, 0.1) is 0 Å². The summed E-state index contributed by atoms with van der Waals surface area (Å²) in [6.45, 7) is 2.33. The average molecular weight is 255 g/mol. The Kier molecular flexibility index (Phi) is 3.11. The molecule has 3 aliphatic rings. The molecule has 1 aromatic carbocycles. The summed E-state index contributed by atoms with van der Waals surface area (Å²) in [5, 5.41) is 3.74. The van der Waals surface area contributed by atoms with Gasteiger partial charge in [0, 0.05) is 6.54 Å². The molecule has 0 amide bonds. The third-order valence-electron chi connectivity index (χ3n) is 5.33. The van der Waals surface area contributed by atoms with E-state index < -0.39 is 0 Å². The molecule has 0 radical (unpaired) electrons. The van der Waals surface area contributed by atoms with E-state index in [-0.39, 0.29) is 0 Å². The fourth-order valence-electron chi connectivity index (χ4n) is 3.89. The minimum atomic E-state index is 0.995. The SMILES string of the molecule is c1cc2c(cc1CNCC(C1CC1)C1CC1)CCC2. The van der Waals surface area contributed by atoms with Crippen molar-refractivity contribution in [1.29, 1.82) is 0 Å². The van der Waals surface area contributed by atoms with E-state index >= 15 is 0 Å². The quantitative estimate of drug-likeness (QED) is 0.817. The summed E-state index contributed by atoms with van der Waals surface area (Å²) in [4.78, 5) is 0. The van der Waals surface area contributed by atoms with Crippen LogP contribution >= 0.6 is 0 Å². The average Bonchev–Trinajstić information content (AvgIpc) is 3.33. The Morgan fingerprint density at radius 3 is 2.47 bits per heavy atom.